The van der Waals surface area contributed by atoms with E-state index in [0.29, 0.717) is 18.7 Å². The number of thioether (sulfide) groups is 1. The summed E-state index contributed by atoms with van der Waals surface area (Å²) in [6, 6.07) is 5.48. The summed E-state index contributed by atoms with van der Waals surface area (Å²) in [5.41, 5.74) is 2.65. The molecule has 0 bridgehead atoms. The number of nitrogens with one attached hydrogen (secondary N) is 2. The van der Waals surface area contributed by atoms with E-state index in [1.54, 1.807) is 4.90 Å². The van der Waals surface area contributed by atoms with E-state index in [-0.39, 0.29) is 11.9 Å². The van der Waals surface area contributed by atoms with E-state index in [9.17, 15) is 9.59 Å². The maximum atomic E-state index is 11.9. The van der Waals surface area contributed by atoms with Crippen molar-refractivity contribution < 1.29 is 9.59 Å². The first kappa shape index (κ1) is 17.7. The summed E-state index contributed by atoms with van der Waals surface area (Å²) in [6.45, 7) is 5.53. The number of carbonyl (C=O) groups excluding carboxylic acids is 2. The monoisotopic (exact) mass is 335 g/mol. The van der Waals surface area contributed by atoms with Gasteiger partial charge in [-0.1, -0.05) is 13.0 Å². The number of nitrogens with zero attached hydrogens (tertiary/aromatic N) is 1. The molecule has 0 saturated carbocycles. The fourth-order valence-electron chi connectivity index (χ4n) is 2.54. The van der Waals surface area contributed by atoms with Crippen molar-refractivity contribution in [2.75, 3.05) is 34.8 Å². The lowest BCUT2D eigenvalue weighted by atomic mass is 10.1. The fraction of sp³-hybridized carbons (Fsp3) is 0.529. The van der Waals surface area contributed by atoms with Crippen LogP contribution in [0.5, 0.6) is 0 Å². The van der Waals surface area contributed by atoms with Crippen molar-refractivity contribution in [1.82, 2.24) is 5.32 Å². The molecule has 0 atom stereocenters. The number of carbonyl (C=O) groups is 2. The van der Waals surface area contributed by atoms with Gasteiger partial charge < -0.3 is 15.5 Å². The number of hydrogen-bond donors (Lipinski definition) is 2. The molecule has 1 aromatic carbocycles. The van der Waals surface area contributed by atoms with Gasteiger partial charge in [-0.25, -0.2) is 4.79 Å². The molecule has 126 valence electrons. The topological polar surface area (TPSA) is 61.4 Å². The van der Waals surface area contributed by atoms with Crippen LogP contribution in [0.25, 0.3) is 0 Å². The van der Waals surface area contributed by atoms with Gasteiger partial charge in [0.05, 0.1) is 0 Å². The van der Waals surface area contributed by atoms with Crippen LogP contribution in [0.15, 0.2) is 18.2 Å². The van der Waals surface area contributed by atoms with Crippen LogP contribution in [0.4, 0.5) is 16.2 Å². The number of benzene rings is 1. The smallest absolute Gasteiger partial charge is 0.319 e. The van der Waals surface area contributed by atoms with Gasteiger partial charge in [0.15, 0.2) is 0 Å². The maximum Gasteiger partial charge on any atom is 0.319 e. The lowest BCUT2D eigenvalue weighted by Crippen LogP contribution is -2.31. The van der Waals surface area contributed by atoms with E-state index in [1.165, 1.54) is 0 Å². The third-order valence-electron chi connectivity index (χ3n) is 3.71. The minimum absolute atomic E-state index is 0.155. The number of rotatable bonds is 7. The van der Waals surface area contributed by atoms with Crippen LogP contribution in [0.2, 0.25) is 0 Å². The zero-order chi connectivity index (χ0) is 16.7. The third-order valence-corrected chi connectivity index (χ3v) is 4.90. The van der Waals surface area contributed by atoms with Crippen LogP contribution in [-0.4, -0.2) is 36.5 Å². The average Bonchev–Trinajstić information content (AvgIpc) is 2.95. The largest absolute Gasteiger partial charge is 0.337 e. The van der Waals surface area contributed by atoms with Crippen LogP contribution >= 0.6 is 11.8 Å². The van der Waals surface area contributed by atoms with Crippen LogP contribution in [0, 0.1) is 6.92 Å². The normalized spacial score (nSPS) is 14.2. The van der Waals surface area contributed by atoms with E-state index >= 15 is 0 Å². The molecular formula is C17H25N3O2S. The Morgan fingerprint density at radius 2 is 2.17 bits per heavy atom. The highest BCUT2D eigenvalue weighted by Gasteiger charge is 2.23. The molecule has 1 heterocycles. The highest BCUT2D eigenvalue weighted by molar-refractivity contribution is 7.99. The summed E-state index contributed by atoms with van der Waals surface area (Å²) in [6.07, 6.45) is 2.65. The number of aryl methyl sites for hydroxylation is 1. The summed E-state index contributed by atoms with van der Waals surface area (Å²) in [5.74, 6) is 2.19. The summed E-state index contributed by atoms with van der Waals surface area (Å²) < 4.78 is 0. The van der Waals surface area contributed by atoms with Gasteiger partial charge in [0.1, 0.15) is 0 Å². The Morgan fingerprint density at radius 3 is 2.87 bits per heavy atom. The molecule has 2 rings (SSSR count). The molecule has 3 amide bonds. The molecule has 0 aromatic heterocycles. The molecule has 0 spiro atoms. The first-order valence-corrected chi connectivity index (χ1v) is 9.31. The van der Waals surface area contributed by atoms with Crippen molar-refractivity contribution in [3.63, 3.8) is 0 Å². The molecule has 0 aliphatic carbocycles. The predicted molar refractivity (Wildman–Crippen MR) is 97.4 cm³/mol. The summed E-state index contributed by atoms with van der Waals surface area (Å²) in [5, 5.41) is 5.69. The lowest BCUT2D eigenvalue weighted by molar-refractivity contribution is -0.117. The molecule has 1 aromatic rings. The maximum absolute atomic E-state index is 11.9. The van der Waals surface area contributed by atoms with E-state index in [0.717, 1.165) is 42.1 Å². The van der Waals surface area contributed by atoms with Crippen LogP contribution in [0.3, 0.4) is 0 Å². The van der Waals surface area contributed by atoms with Crippen molar-refractivity contribution in [2.45, 2.75) is 33.1 Å². The van der Waals surface area contributed by atoms with Crippen LogP contribution in [0.1, 0.15) is 31.7 Å². The average molecular weight is 335 g/mol. The molecule has 1 aliphatic heterocycles. The van der Waals surface area contributed by atoms with E-state index in [4.69, 9.17) is 0 Å². The van der Waals surface area contributed by atoms with Crippen molar-refractivity contribution in [3.8, 4) is 0 Å². The molecule has 1 aliphatic rings. The first-order chi connectivity index (χ1) is 11.1. The Balaban J connectivity index is 1.90. The Hall–Kier alpha value is -1.69. The zero-order valence-electron chi connectivity index (χ0n) is 13.9. The van der Waals surface area contributed by atoms with Gasteiger partial charge in [-0.05, 0) is 43.2 Å². The van der Waals surface area contributed by atoms with Crippen LogP contribution in [-0.2, 0) is 4.79 Å². The molecule has 5 nitrogen and oxygen atoms in total. The van der Waals surface area contributed by atoms with Gasteiger partial charge in [0.2, 0.25) is 5.91 Å². The van der Waals surface area contributed by atoms with E-state index < -0.39 is 0 Å². The molecule has 2 N–H and O–H groups in total. The molecular weight excluding hydrogens is 310 g/mol. The van der Waals surface area contributed by atoms with Gasteiger partial charge in [-0.15, -0.1) is 0 Å². The predicted octanol–water partition coefficient (Wildman–Crippen LogP) is 3.39. The highest BCUT2D eigenvalue weighted by atomic mass is 32.2. The summed E-state index contributed by atoms with van der Waals surface area (Å²) >= 11 is 1.84. The second kappa shape index (κ2) is 8.82. The third kappa shape index (κ3) is 5.16. The first-order valence-electron chi connectivity index (χ1n) is 8.15. The number of urea groups is 1. The Morgan fingerprint density at radius 1 is 1.35 bits per heavy atom. The van der Waals surface area contributed by atoms with Crippen molar-refractivity contribution in [1.29, 1.82) is 0 Å². The Kier molecular flexibility index (Phi) is 6.77. The Bertz CT molecular complexity index is 563. The quantitative estimate of drug-likeness (QED) is 0.751. The summed E-state index contributed by atoms with van der Waals surface area (Å²) in [4.78, 5) is 25.6. The zero-order valence-corrected chi connectivity index (χ0v) is 14.7. The second-order valence-corrected chi connectivity index (χ2v) is 6.87. The second-order valence-electron chi connectivity index (χ2n) is 5.64. The van der Waals surface area contributed by atoms with Crippen molar-refractivity contribution in [2.24, 2.45) is 0 Å². The molecule has 1 fully saturated rings. The SMILES string of the molecule is CCCSCCNC(=O)Nc1ccc(C)c(N2CCCC2=O)c1. The number of anilines is 2. The Labute approximate surface area is 142 Å². The van der Waals surface area contributed by atoms with Gasteiger partial charge in [-0.3, -0.25) is 4.79 Å². The highest BCUT2D eigenvalue weighted by Crippen LogP contribution is 2.28. The minimum atomic E-state index is -0.204. The molecule has 1 saturated heterocycles. The van der Waals surface area contributed by atoms with Gasteiger partial charge in [0, 0.05) is 36.6 Å². The molecule has 6 heteroatoms. The number of hydrogen-bond acceptors (Lipinski definition) is 3. The molecule has 23 heavy (non-hydrogen) atoms. The van der Waals surface area contributed by atoms with Crippen LogP contribution < -0.4 is 15.5 Å². The van der Waals surface area contributed by atoms with Gasteiger partial charge in [0.25, 0.3) is 0 Å². The number of amides is 3. The summed E-state index contributed by atoms with van der Waals surface area (Å²) in [7, 11) is 0. The minimum Gasteiger partial charge on any atom is -0.337 e. The van der Waals surface area contributed by atoms with Gasteiger partial charge in [-0.2, -0.15) is 11.8 Å². The van der Waals surface area contributed by atoms with Gasteiger partial charge >= 0.3 is 6.03 Å². The van der Waals surface area contributed by atoms with E-state index in [1.807, 2.05) is 36.9 Å². The molecule has 0 radical (unpaired) electrons. The van der Waals surface area contributed by atoms with Crippen molar-refractivity contribution in [3.05, 3.63) is 23.8 Å². The fourth-order valence-corrected chi connectivity index (χ4v) is 3.28. The standard InChI is InChI=1S/C17H25N3O2S/c1-3-10-23-11-8-18-17(22)19-14-7-6-13(2)15(12-14)20-9-4-5-16(20)21/h6-7,12H,3-5,8-11H2,1-2H3,(H2,18,19,22). The van der Waals surface area contributed by atoms with E-state index in [2.05, 4.69) is 17.6 Å². The van der Waals surface area contributed by atoms with Crippen molar-refractivity contribution >= 4 is 35.1 Å². The lowest BCUT2D eigenvalue weighted by Gasteiger charge is -2.19. The molecule has 0 unspecified atom stereocenters.